The molecule has 0 aliphatic carbocycles. The van der Waals surface area contributed by atoms with Gasteiger partial charge < -0.3 is 14.8 Å². The number of aliphatic hydroxyl groups excluding tert-OH is 1. The monoisotopic (exact) mass is 344 g/mol. The molecular weight excluding hydrogens is 332 g/mol. The van der Waals surface area contributed by atoms with Crippen molar-refractivity contribution in [2.45, 2.75) is 11.4 Å². The molecule has 2 aromatic rings. The van der Waals surface area contributed by atoms with Gasteiger partial charge in [-0.15, -0.1) is 0 Å². The van der Waals surface area contributed by atoms with Crippen LogP contribution in [-0.4, -0.2) is 25.9 Å². The van der Waals surface area contributed by atoms with Crippen LogP contribution in [0.1, 0.15) is 16.1 Å². The Bertz CT molecular complexity index is 787. The maximum Gasteiger partial charge on any atom is 0.240 e. The number of benzene rings is 1. The van der Waals surface area contributed by atoms with Gasteiger partial charge in [-0.2, -0.15) is 0 Å². The number of carbonyl (C=O) groups excluding carboxylic acids is 1. The van der Waals surface area contributed by atoms with Crippen LogP contribution in [-0.2, 0) is 16.6 Å². The molecule has 0 spiro atoms. The first-order valence-corrected chi connectivity index (χ1v) is 8.02. The van der Waals surface area contributed by atoms with Gasteiger partial charge in [0.05, 0.1) is 23.5 Å². The van der Waals surface area contributed by atoms with Crippen molar-refractivity contribution < 1.29 is 22.7 Å². The van der Waals surface area contributed by atoms with E-state index in [1.54, 1.807) is 12.1 Å². The van der Waals surface area contributed by atoms with Crippen LogP contribution >= 0.6 is 11.6 Å². The molecule has 0 amide bonds. The van der Waals surface area contributed by atoms with Gasteiger partial charge >= 0.3 is 0 Å². The van der Waals surface area contributed by atoms with Gasteiger partial charge in [0.25, 0.3) is 0 Å². The average molecular weight is 345 g/mol. The number of sulfonamides is 1. The maximum absolute atomic E-state index is 11.7. The molecule has 0 aliphatic rings. The first-order valence-electron chi connectivity index (χ1n) is 6.09. The summed E-state index contributed by atoms with van der Waals surface area (Å²) in [6.45, 7) is -0.581. The zero-order valence-electron chi connectivity index (χ0n) is 11.2. The van der Waals surface area contributed by atoms with E-state index in [4.69, 9.17) is 26.3 Å². The van der Waals surface area contributed by atoms with Crippen LogP contribution in [0.3, 0.4) is 0 Å². The third-order valence-electron chi connectivity index (χ3n) is 2.85. The number of carbonyl (C=O) groups is 1. The van der Waals surface area contributed by atoms with Crippen molar-refractivity contribution in [1.82, 2.24) is 0 Å². The third kappa shape index (κ3) is 3.66. The minimum absolute atomic E-state index is 0.00777. The molecule has 0 fully saturated rings. The number of anilines is 1. The first-order chi connectivity index (χ1) is 10.3. The van der Waals surface area contributed by atoms with Crippen LogP contribution in [0.2, 0.25) is 5.02 Å². The number of furan rings is 1. The van der Waals surface area contributed by atoms with E-state index in [0.717, 1.165) is 6.07 Å². The predicted molar refractivity (Wildman–Crippen MR) is 80.3 cm³/mol. The van der Waals surface area contributed by atoms with Gasteiger partial charge in [0.1, 0.15) is 17.3 Å². The van der Waals surface area contributed by atoms with Crippen molar-refractivity contribution in [1.29, 1.82) is 0 Å². The molecule has 2 rings (SSSR count). The summed E-state index contributed by atoms with van der Waals surface area (Å²) in [7, 11) is -4.09. The molecule has 1 aromatic carbocycles. The zero-order chi connectivity index (χ0) is 16.3. The van der Waals surface area contributed by atoms with Crippen LogP contribution in [0.5, 0.6) is 0 Å². The second-order valence-corrected chi connectivity index (χ2v) is 6.32. The van der Waals surface area contributed by atoms with E-state index in [2.05, 4.69) is 5.32 Å². The van der Waals surface area contributed by atoms with Crippen molar-refractivity contribution in [3.8, 4) is 0 Å². The Morgan fingerprint density at radius 1 is 1.41 bits per heavy atom. The molecule has 0 radical (unpaired) electrons. The van der Waals surface area contributed by atoms with Gasteiger partial charge in [0.2, 0.25) is 10.0 Å². The van der Waals surface area contributed by atoms with E-state index < -0.39 is 22.4 Å². The molecule has 4 N–H and O–H groups in total. The van der Waals surface area contributed by atoms with E-state index in [-0.39, 0.29) is 27.7 Å². The summed E-state index contributed by atoms with van der Waals surface area (Å²) < 4.78 is 28.5. The summed E-state index contributed by atoms with van der Waals surface area (Å²) in [5.41, 5.74) is 0.0233. The molecule has 0 bridgehead atoms. The molecule has 0 saturated heterocycles. The number of ketones is 1. The van der Waals surface area contributed by atoms with Gasteiger partial charge in [-0.05, 0) is 24.3 Å². The second-order valence-electron chi connectivity index (χ2n) is 4.39. The molecule has 0 atom stereocenters. The van der Waals surface area contributed by atoms with Crippen LogP contribution < -0.4 is 10.5 Å². The van der Waals surface area contributed by atoms with Crippen LogP contribution in [0.25, 0.3) is 0 Å². The number of nitrogens with one attached hydrogen (secondary N) is 1. The molecule has 1 heterocycles. The second kappa shape index (κ2) is 6.49. The van der Waals surface area contributed by atoms with Gasteiger partial charge in [0, 0.05) is 5.56 Å². The minimum Gasteiger partial charge on any atom is -0.467 e. The summed E-state index contributed by atoms with van der Waals surface area (Å²) in [6.07, 6.45) is 1.48. The van der Waals surface area contributed by atoms with Crippen LogP contribution in [0.15, 0.2) is 39.8 Å². The molecule has 118 valence electrons. The summed E-state index contributed by atoms with van der Waals surface area (Å²) in [5, 5.41) is 16.9. The quantitative estimate of drug-likeness (QED) is 0.680. The maximum atomic E-state index is 11.7. The lowest BCUT2D eigenvalue weighted by molar-refractivity contribution is 0.0903. The molecule has 7 nitrogen and oxygen atoms in total. The van der Waals surface area contributed by atoms with Crippen molar-refractivity contribution in [2.24, 2.45) is 5.14 Å². The highest BCUT2D eigenvalue weighted by Gasteiger charge is 2.20. The van der Waals surface area contributed by atoms with Crippen molar-refractivity contribution in [3.05, 3.63) is 46.9 Å². The first kappa shape index (κ1) is 16.5. The minimum atomic E-state index is -4.09. The van der Waals surface area contributed by atoms with E-state index >= 15 is 0 Å². The largest absolute Gasteiger partial charge is 0.467 e. The molecule has 22 heavy (non-hydrogen) atoms. The SMILES string of the molecule is NS(=O)(=O)c1cc(C(=O)CO)c(Cl)cc1NCc1ccco1. The number of nitrogens with two attached hydrogens (primary N) is 1. The Labute approximate surface area is 131 Å². The number of hydrogen-bond donors (Lipinski definition) is 3. The van der Waals surface area contributed by atoms with E-state index in [1.807, 2.05) is 0 Å². The highest BCUT2D eigenvalue weighted by atomic mass is 35.5. The Morgan fingerprint density at radius 3 is 2.68 bits per heavy atom. The summed E-state index contributed by atoms with van der Waals surface area (Å²) in [6, 6.07) is 5.70. The molecular formula is C13H13ClN2O5S. The van der Waals surface area contributed by atoms with Crippen molar-refractivity contribution in [2.75, 3.05) is 11.9 Å². The Hall–Kier alpha value is -1.87. The Morgan fingerprint density at radius 2 is 2.14 bits per heavy atom. The van der Waals surface area contributed by atoms with Crippen LogP contribution in [0, 0.1) is 0 Å². The van der Waals surface area contributed by atoms with Crippen molar-refractivity contribution >= 4 is 33.1 Å². The third-order valence-corrected chi connectivity index (χ3v) is 4.12. The topological polar surface area (TPSA) is 123 Å². The van der Waals surface area contributed by atoms with E-state index in [1.165, 1.54) is 12.3 Å². The molecule has 0 saturated carbocycles. The smallest absolute Gasteiger partial charge is 0.240 e. The van der Waals surface area contributed by atoms with Crippen molar-refractivity contribution in [3.63, 3.8) is 0 Å². The lowest BCUT2D eigenvalue weighted by Crippen LogP contribution is -2.17. The van der Waals surface area contributed by atoms with Gasteiger partial charge in [-0.1, -0.05) is 11.6 Å². The summed E-state index contributed by atoms with van der Waals surface area (Å²) >= 11 is 5.95. The lowest BCUT2D eigenvalue weighted by Gasteiger charge is -2.12. The number of primary sulfonamides is 1. The standard InChI is InChI=1S/C13H13ClN2O5S/c14-10-5-11(16-6-8-2-1-3-21-8)13(22(15,19)20)4-9(10)12(18)7-17/h1-5,16-17H,6-7H2,(H2,15,19,20). The molecule has 0 aliphatic heterocycles. The fraction of sp³-hybridized carbons (Fsp3) is 0.154. The predicted octanol–water partition coefficient (Wildman–Crippen LogP) is 1.37. The Kier molecular flexibility index (Phi) is 4.87. The van der Waals surface area contributed by atoms with Gasteiger partial charge in [-0.3, -0.25) is 4.79 Å². The number of hydrogen-bond acceptors (Lipinski definition) is 6. The number of rotatable bonds is 6. The summed E-state index contributed by atoms with van der Waals surface area (Å²) in [4.78, 5) is 11.3. The normalized spacial score (nSPS) is 11.4. The lowest BCUT2D eigenvalue weighted by atomic mass is 10.1. The van der Waals surface area contributed by atoms with Gasteiger partial charge in [0.15, 0.2) is 5.78 Å². The molecule has 9 heteroatoms. The summed E-state index contributed by atoms with van der Waals surface area (Å²) in [5.74, 6) is -0.125. The number of aliphatic hydroxyl groups is 1. The number of Topliss-reactive ketones (excluding diaryl/α,β-unsaturated/α-hetero) is 1. The number of halogens is 1. The Balaban J connectivity index is 2.43. The molecule has 1 aromatic heterocycles. The molecule has 0 unspecified atom stereocenters. The fourth-order valence-corrected chi connectivity index (χ4v) is 2.81. The van der Waals surface area contributed by atoms with Crippen LogP contribution in [0.4, 0.5) is 5.69 Å². The highest BCUT2D eigenvalue weighted by Crippen LogP contribution is 2.29. The van der Waals surface area contributed by atoms with Gasteiger partial charge in [-0.25, -0.2) is 13.6 Å². The van der Waals surface area contributed by atoms with E-state index in [9.17, 15) is 13.2 Å². The fourth-order valence-electron chi connectivity index (χ4n) is 1.82. The highest BCUT2D eigenvalue weighted by molar-refractivity contribution is 7.89. The average Bonchev–Trinajstić information content (AvgIpc) is 2.96. The zero-order valence-corrected chi connectivity index (χ0v) is 12.8. The van der Waals surface area contributed by atoms with E-state index in [0.29, 0.717) is 5.76 Å².